The number of nitrogens with one attached hydrogen (secondary N) is 1. The van der Waals surface area contributed by atoms with E-state index < -0.39 is 11.6 Å². The largest absolute Gasteiger partial charge is 0.314 e. The first-order valence-electron chi connectivity index (χ1n) is 5.24. The van der Waals surface area contributed by atoms with Gasteiger partial charge in [0.05, 0.1) is 0 Å². The van der Waals surface area contributed by atoms with Crippen LogP contribution in [0.2, 0.25) is 0 Å². The quantitative estimate of drug-likeness (QED) is 0.810. The van der Waals surface area contributed by atoms with Gasteiger partial charge < -0.3 is 5.32 Å². The second-order valence-electron chi connectivity index (χ2n) is 3.81. The fourth-order valence-corrected chi connectivity index (χ4v) is 1.58. The molecule has 0 saturated carbocycles. The molecule has 1 aromatic rings. The van der Waals surface area contributed by atoms with Crippen molar-refractivity contribution in [2.45, 2.75) is 32.7 Å². The molecule has 0 aliphatic rings. The number of rotatable bonds is 4. The third-order valence-electron chi connectivity index (χ3n) is 2.75. The van der Waals surface area contributed by atoms with Gasteiger partial charge in [-0.05, 0) is 37.1 Å². The monoisotopic (exact) mass is 213 g/mol. The van der Waals surface area contributed by atoms with Crippen LogP contribution in [0.25, 0.3) is 0 Å². The summed E-state index contributed by atoms with van der Waals surface area (Å²) in [6.45, 7) is 6.93. The molecule has 1 N–H and O–H groups in total. The number of halogens is 2. The molecule has 0 radical (unpaired) electrons. The van der Waals surface area contributed by atoms with Crippen molar-refractivity contribution in [1.29, 1.82) is 0 Å². The van der Waals surface area contributed by atoms with Crippen molar-refractivity contribution in [1.82, 2.24) is 5.32 Å². The fraction of sp³-hybridized carbons (Fsp3) is 0.500. The van der Waals surface area contributed by atoms with Crippen molar-refractivity contribution >= 4 is 0 Å². The lowest BCUT2D eigenvalue weighted by molar-refractivity contribution is 0.481. The molecule has 1 aromatic carbocycles. The van der Waals surface area contributed by atoms with Crippen molar-refractivity contribution in [3.8, 4) is 0 Å². The van der Waals surface area contributed by atoms with E-state index in [4.69, 9.17) is 0 Å². The zero-order valence-corrected chi connectivity index (χ0v) is 9.35. The summed E-state index contributed by atoms with van der Waals surface area (Å²) in [5.41, 5.74) is 0.822. The van der Waals surface area contributed by atoms with Gasteiger partial charge in [0.1, 0.15) is 0 Å². The van der Waals surface area contributed by atoms with E-state index in [0.29, 0.717) is 0 Å². The Morgan fingerprint density at radius 2 is 1.87 bits per heavy atom. The Morgan fingerprint density at radius 3 is 2.40 bits per heavy atom. The molecule has 0 heterocycles. The van der Waals surface area contributed by atoms with Gasteiger partial charge in [-0.1, -0.05) is 19.9 Å². The standard InChI is InChI=1S/C12H17F2N/c1-4-15-9(3)8(2)10-5-6-11(13)12(14)7-10/h5-9,15H,4H2,1-3H3. The van der Waals surface area contributed by atoms with Gasteiger partial charge in [-0.3, -0.25) is 0 Å². The van der Waals surface area contributed by atoms with Gasteiger partial charge in [0, 0.05) is 6.04 Å². The Morgan fingerprint density at radius 1 is 1.20 bits per heavy atom. The number of hydrogen-bond donors (Lipinski definition) is 1. The van der Waals surface area contributed by atoms with Crippen molar-refractivity contribution in [3.05, 3.63) is 35.4 Å². The lowest BCUT2D eigenvalue weighted by atomic mass is 9.94. The number of hydrogen-bond acceptors (Lipinski definition) is 1. The first-order chi connectivity index (χ1) is 7.06. The summed E-state index contributed by atoms with van der Waals surface area (Å²) in [7, 11) is 0. The second kappa shape index (κ2) is 5.21. The highest BCUT2D eigenvalue weighted by atomic mass is 19.2. The molecule has 2 unspecified atom stereocenters. The highest BCUT2D eigenvalue weighted by molar-refractivity contribution is 5.22. The van der Waals surface area contributed by atoms with E-state index in [0.717, 1.165) is 12.1 Å². The van der Waals surface area contributed by atoms with Gasteiger partial charge in [-0.25, -0.2) is 8.78 Å². The average Bonchev–Trinajstić information content (AvgIpc) is 2.21. The highest BCUT2D eigenvalue weighted by Crippen LogP contribution is 2.20. The van der Waals surface area contributed by atoms with E-state index >= 15 is 0 Å². The predicted molar refractivity (Wildman–Crippen MR) is 57.9 cm³/mol. The van der Waals surface area contributed by atoms with Crippen LogP contribution in [0.4, 0.5) is 8.78 Å². The van der Waals surface area contributed by atoms with Crippen LogP contribution in [-0.2, 0) is 0 Å². The van der Waals surface area contributed by atoms with E-state index in [9.17, 15) is 8.78 Å². The van der Waals surface area contributed by atoms with Crippen molar-refractivity contribution in [2.75, 3.05) is 6.54 Å². The summed E-state index contributed by atoms with van der Waals surface area (Å²) in [6.07, 6.45) is 0. The van der Waals surface area contributed by atoms with Crippen LogP contribution in [0.5, 0.6) is 0 Å². The second-order valence-corrected chi connectivity index (χ2v) is 3.81. The van der Waals surface area contributed by atoms with Gasteiger partial charge in [-0.2, -0.15) is 0 Å². The predicted octanol–water partition coefficient (Wildman–Crippen LogP) is 3.07. The Hall–Kier alpha value is -0.960. The van der Waals surface area contributed by atoms with Crippen LogP contribution in [-0.4, -0.2) is 12.6 Å². The Bertz CT molecular complexity index is 325. The van der Waals surface area contributed by atoms with E-state index in [2.05, 4.69) is 5.32 Å². The zero-order valence-electron chi connectivity index (χ0n) is 9.35. The van der Waals surface area contributed by atoms with Crippen molar-refractivity contribution in [2.24, 2.45) is 0 Å². The van der Waals surface area contributed by atoms with Crippen LogP contribution < -0.4 is 5.32 Å². The first kappa shape index (κ1) is 12.1. The Kier molecular flexibility index (Phi) is 4.21. The summed E-state index contributed by atoms with van der Waals surface area (Å²) < 4.78 is 25.7. The van der Waals surface area contributed by atoms with E-state index in [-0.39, 0.29) is 12.0 Å². The number of likely N-dealkylation sites (N-methyl/N-ethyl adjacent to an activating group) is 1. The molecule has 2 atom stereocenters. The molecule has 0 spiro atoms. The first-order valence-corrected chi connectivity index (χ1v) is 5.24. The van der Waals surface area contributed by atoms with Crippen LogP contribution in [0.15, 0.2) is 18.2 Å². The Balaban J connectivity index is 2.81. The summed E-state index contributed by atoms with van der Waals surface area (Å²) >= 11 is 0. The summed E-state index contributed by atoms with van der Waals surface area (Å²) in [6, 6.07) is 4.34. The molecule has 0 aliphatic carbocycles. The molecule has 1 rings (SSSR count). The minimum atomic E-state index is -0.790. The van der Waals surface area contributed by atoms with Crippen molar-refractivity contribution < 1.29 is 8.78 Å². The average molecular weight is 213 g/mol. The normalized spacial score (nSPS) is 15.0. The number of benzene rings is 1. The van der Waals surface area contributed by atoms with E-state index in [1.54, 1.807) is 6.07 Å². The summed E-state index contributed by atoms with van der Waals surface area (Å²) in [5.74, 6) is -1.40. The molecule has 15 heavy (non-hydrogen) atoms. The lowest BCUT2D eigenvalue weighted by Crippen LogP contribution is -2.30. The maximum Gasteiger partial charge on any atom is 0.159 e. The molecular weight excluding hydrogens is 196 g/mol. The maximum absolute atomic E-state index is 13.0. The van der Waals surface area contributed by atoms with Gasteiger partial charge in [-0.15, -0.1) is 0 Å². The highest BCUT2D eigenvalue weighted by Gasteiger charge is 2.14. The summed E-state index contributed by atoms with van der Waals surface area (Å²) in [4.78, 5) is 0. The van der Waals surface area contributed by atoms with Crippen LogP contribution in [0.1, 0.15) is 32.3 Å². The lowest BCUT2D eigenvalue weighted by Gasteiger charge is -2.21. The summed E-state index contributed by atoms with van der Waals surface area (Å²) in [5, 5.41) is 3.26. The third-order valence-corrected chi connectivity index (χ3v) is 2.75. The topological polar surface area (TPSA) is 12.0 Å². The third kappa shape index (κ3) is 2.99. The SMILES string of the molecule is CCNC(C)C(C)c1ccc(F)c(F)c1. The van der Waals surface area contributed by atoms with Crippen LogP contribution >= 0.6 is 0 Å². The molecule has 0 aromatic heterocycles. The van der Waals surface area contributed by atoms with Crippen LogP contribution in [0.3, 0.4) is 0 Å². The van der Waals surface area contributed by atoms with Crippen LogP contribution in [0, 0.1) is 11.6 Å². The Labute approximate surface area is 89.5 Å². The molecule has 0 aliphatic heterocycles. The molecular formula is C12H17F2N. The van der Waals surface area contributed by atoms with Gasteiger partial charge in [0.15, 0.2) is 11.6 Å². The zero-order chi connectivity index (χ0) is 11.4. The molecule has 84 valence electrons. The van der Waals surface area contributed by atoms with Gasteiger partial charge in [0.2, 0.25) is 0 Å². The van der Waals surface area contributed by atoms with Gasteiger partial charge in [0.25, 0.3) is 0 Å². The minimum Gasteiger partial charge on any atom is -0.314 e. The van der Waals surface area contributed by atoms with E-state index in [1.807, 2.05) is 20.8 Å². The fourth-order valence-electron chi connectivity index (χ4n) is 1.58. The minimum absolute atomic E-state index is 0.167. The molecule has 1 nitrogen and oxygen atoms in total. The maximum atomic E-state index is 13.0. The molecule has 0 bridgehead atoms. The molecule has 0 saturated heterocycles. The van der Waals surface area contributed by atoms with Gasteiger partial charge >= 0.3 is 0 Å². The molecule has 0 amide bonds. The molecule has 3 heteroatoms. The van der Waals surface area contributed by atoms with Crippen molar-refractivity contribution in [3.63, 3.8) is 0 Å². The van der Waals surface area contributed by atoms with E-state index in [1.165, 1.54) is 12.1 Å². The smallest absolute Gasteiger partial charge is 0.159 e. The molecule has 0 fully saturated rings.